The van der Waals surface area contributed by atoms with Gasteiger partial charge in [0.2, 0.25) is 0 Å². The van der Waals surface area contributed by atoms with Crippen molar-refractivity contribution in [3.63, 3.8) is 0 Å². The van der Waals surface area contributed by atoms with E-state index in [0.29, 0.717) is 17.0 Å². The summed E-state index contributed by atoms with van der Waals surface area (Å²) in [4.78, 5) is 28.2. The van der Waals surface area contributed by atoms with Crippen LogP contribution in [0.25, 0.3) is 5.76 Å². The number of amides is 1. The molecule has 1 saturated heterocycles. The number of nitrogens with zero attached hydrogens (tertiary/aromatic N) is 1. The lowest BCUT2D eigenvalue weighted by molar-refractivity contribution is -0.132. The zero-order chi connectivity index (χ0) is 21.3. The Morgan fingerprint density at radius 3 is 2.30 bits per heavy atom. The van der Waals surface area contributed by atoms with Crippen molar-refractivity contribution in [1.29, 1.82) is 0 Å². The second kappa shape index (κ2) is 8.16. The minimum atomic E-state index is -0.697. The van der Waals surface area contributed by atoms with Crippen LogP contribution in [0.2, 0.25) is 0 Å². The fraction of sp³-hybridized carbons (Fsp3) is 0.167. The molecule has 0 spiro atoms. The lowest BCUT2D eigenvalue weighted by Gasteiger charge is -2.24. The van der Waals surface area contributed by atoms with Crippen molar-refractivity contribution in [3.8, 4) is 5.75 Å². The van der Waals surface area contributed by atoms with Gasteiger partial charge in [-0.2, -0.15) is 0 Å². The van der Waals surface area contributed by atoms with Gasteiger partial charge in [-0.25, -0.2) is 0 Å². The Kier molecular flexibility index (Phi) is 5.42. The second-order valence-electron chi connectivity index (χ2n) is 7.21. The first-order valence-electron chi connectivity index (χ1n) is 9.64. The number of benzene rings is 2. The van der Waals surface area contributed by atoms with Gasteiger partial charge in [0.25, 0.3) is 11.7 Å². The van der Waals surface area contributed by atoms with Crippen LogP contribution < -0.4 is 9.64 Å². The normalized spacial score (nSPS) is 18.2. The number of rotatable bonds is 5. The molecular formula is C24H21NO4S. The Morgan fingerprint density at radius 1 is 1.00 bits per heavy atom. The van der Waals surface area contributed by atoms with Crippen molar-refractivity contribution in [2.24, 2.45) is 0 Å². The van der Waals surface area contributed by atoms with Crippen LogP contribution >= 0.6 is 11.3 Å². The number of aliphatic hydroxyl groups is 1. The first-order chi connectivity index (χ1) is 14.5. The van der Waals surface area contributed by atoms with Crippen LogP contribution in [0, 0.1) is 0 Å². The molecule has 1 aromatic heterocycles. The average Bonchev–Trinajstić information content (AvgIpc) is 3.35. The van der Waals surface area contributed by atoms with Crippen molar-refractivity contribution >= 4 is 34.5 Å². The summed E-state index contributed by atoms with van der Waals surface area (Å²) >= 11 is 1.44. The highest BCUT2D eigenvalue weighted by atomic mass is 32.1. The molecule has 1 aliphatic rings. The molecule has 2 heterocycles. The molecule has 0 bridgehead atoms. The molecule has 1 aliphatic heterocycles. The van der Waals surface area contributed by atoms with E-state index in [2.05, 4.69) is 0 Å². The molecule has 1 N–H and O–H groups in total. The van der Waals surface area contributed by atoms with Crippen LogP contribution in [0.5, 0.6) is 5.75 Å². The summed E-state index contributed by atoms with van der Waals surface area (Å²) in [5.74, 6) is -0.874. The van der Waals surface area contributed by atoms with Gasteiger partial charge >= 0.3 is 0 Å². The molecule has 3 aromatic rings. The number of anilines is 1. The van der Waals surface area contributed by atoms with Crippen LogP contribution in [0.1, 0.15) is 30.3 Å². The number of hydrogen-bond acceptors (Lipinski definition) is 5. The Balaban J connectivity index is 1.82. The zero-order valence-corrected chi connectivity index (χ0v) is 17.4. The van der Waals surface area contributed by atoms with Gasteiger partial charge in [-0.3, -0.25) is 14.5 Å². The average molecular weight is 420 g/mol. The van der Waals surface area contributed by atoms with Crippen LogP contribution in [0.3, 0.4) is 0 Å². The van der Waals surface area contributed by atoms with Gasteiger partial charge in [0, 0.05) is 16.1 Å². The molecule has 1 atom stereocenters. The van der Waals surface area contributed by atoms with Gasteiger partial charge in [-0.15, -0.1) is 11.3 Å². The van der Waals surface area contributed by atoms with Crippen molar-refractivity contribution in [2.75, 3.05) is 4.90 Å². The SMILES string of the molecule is CC(C)Oc1ccc(/C(O)=C2/C(=O)C(=O)N(c3ccccc3)C2c2cccs2)cc1. The number of ether oxygens (including phenoxy) is 1. The van der Waals surface area contributed by atoms with Crippen molar-refractivity contribution < 1.29 is 19.4 Å². The summed E-state index contributed by atoms with van der Waals surface area (Å²) in [6, 6.07) is 18.9. The summed E-state index contributed by atoms with van der Waals surface area (Å²) in [7, 11) is 0. The number of aliphatic hydroxyl groups excluding tert-OH is 1. The Hall–Kier alpha value is -3.38. The lowest BCUT2D eigenvalue weighted by atomic mass is 9.99. The first kappa shape index (κ1) is 19.9. The number of ketones is 1. The molecular weight excluding hydrogens is 398 g/mol. The topological polar surface area (TPSA) is 66.8 Å². The number of thiophene rings is 1. The summed E-state index contributed by atoms with van der Waals surface area (Å²) in [5.41, 5.74) is 1.15. The van der Waals surface area contributed by atoms with E-state index in [1.165, 1.54) is 16.2 Å². The Morgan fingerprint density at radius 2 is 1.70 bits per heavy atom. The molecule has 4 rings (SSSR count). The van der Waals surface area contributed by atoms with Gasteiger partial charge in [-0.1, -0.05) is 24.3 Å². The van der Waals surface area contributed by atoms with Gasteiger partial charge in [0.15, 0.2) is 0 Å². The predicted molar refractivity (Wildman–Crippen MR) is 118 cm³/mol. The molecule has 0 aliphatic carbocycles. The summed E-state index contributed by atoms with van der Waals surface area (Å²) in [5, 5.41) is 12.9. The second-order valence-corrected chi connectivity index (χ2v) is 8.19. The maximum absolute atomic E-state index is 13.0. The van der Waals surface area contributed by atoms with E-state index in [4.69, 9.17) is 4.74 Å². The number of carbonyl (C=O) groups is 2. The summed E-state index contributed by atoms with van der Waals surface area (Å²) in [6.07, 6.45) is 0.0273. The maximum Gasteiger partial charge on any atom is 0.300 e. The summed E-state index contributed by atoms with van der Waals surface area (Å²) in [6.45, 7) is 3.86. The molecule has 5 nitrogen and oxygen atoms in total. The van der Waals surface area contributed by atoms with Gasteiger partial charge in [0.1, 0.15) is 17.6 Å². The third kappa shape index (κ3) is 3.62. The van der Waals surface area contributed by atoms with Crippen LogP contribution in [-0.4, -0.2) is 22.9 Å². The van der Waals surface area contributed by atoms with Crippen LogP contribution in [0.4, 0.5) is 5.69 Å². The van der Waals surface area contributed by atoms with E-state index >= 15 is 0 Å². The largest absolute Gasteiger partial charge is 0.507 e. The number of carbonyl (C=O) groups excluding carboxylic acids is 2. The van der Waals surface area contributed by atoms with E-state index in [-0.39, 0.29) is 17.4 Å². The molecule has 1 amide bonds. The third-order valence-electron chi connectivity index (χ3n) is 4.79. The minimum Gasteiger partial charge on any atom is -0.507 e. The van der Waals surface area contributed by atoms with Gasteiger partial charge < -0.3 is 9.84 Å². The molecule has 6 heteroatoms. The van der Waals surface area contributed by atoms with Crippen molar-refractivity contribution in [3.05, 3.63) is 88.1 Å². The number of Topliss-reactive ketones (excluding diaryl/α,β-unsaturated/α-hetero) is 1. The lowest BCUT2D eigenvalue weighted by Crippen LogP contribution is -2.29. The number of hydrogen-bond donors (Lipinski definition) is 1. The highest BCUT2D eigenvalue weighted by Gasteiger charge is 2.47. The number of para-hydroxylation sites is 1. The van der Waals surface area contributed by atoms with E-state index < -0.39 is 17.7 Å². The van der Waals surface area contributed by atoms with E-state index in [1.807, 2.05) is 49.6 Å². The molecule has 2 aromatic carbocycles. The minimum absolute atomic E-state index is 0.0273. The van der Waals surface area contributed by atoms with E-state index in [0.717, 1.165) is 4.88 Å². The van der Waals surface area contributed by atoms with Crippen molar-refractivity contribution in [2.45, 2.75) is 26.0 Å². The molecule has 152 valence electrons. The fourth-order valence-electron chi connectivity index (χ4n) is 3.52. The molecule has 1 fully saturated rings. The van der Waals surface area contributed by atoms with Crippen LogP contribution in [0.15, 0.2) is 77.7 Å². The third-order valence-corrected chi connectivity index (χ3v) is 5.72. The molecule has 0 saturated carbocycles. The fourth-order valence-corrected chi connectivity index (χ4v) is 4.35. The molecule has 1 unspecified atom stereocenters. The van der Waals surface area contributed by atoms with E-state index in [1.54, 1.807) is 36.4 Å². The standard InChI is InChI=1S/C24H21NO4S/c1-15(2)29-18-12-10-16(11-13-18)22(26)20-21(19-9-6-14-30-19)25(24(28)23(20)27)17-7-4-3-5-8-17/h3-15,21,26H,1-2H3/b22-20-. The highest BCUT2D eigenvalue weighted by molar-refractivity contribution is 7.10. The van der Waals surface area contributed by atoms with Crippen molar-refractivity contribution in [1.82, 2.24) is 0 Å². The highest BCUT2D eigenvalue weighted by Crippen LogP contribution is 2.43. The first-order valence-corrected chi connectivity index (χ1v) is 10.5. The quantitative estimate of drug-likeness (QED) is 0.352. The molecule has 0 radical (unpaired) electrons. The van der Waals surface area contributed by atoms with Crippen LogP contribution in [-0.2, 0) is 9.59 Å². The summed E-state index contributed by atoms with van der Waals surface area (Å²) < 4.78 is 5.64. The monoisotopic (exact) mass is 419 g/mol. The van der Waals surface area contributed by atoms with Gasteiger partial charge in [-0.05, 0) is 61.7 Å². The molecule has 30 heavy (non-hydrogen) atoms. The Labute approximate surface area is 178 Å². The predicted octanol–water partition coefficient (Wildman–Crippen LogP) is 5.16. The Bertz CT molecular complexity index is 1090. The van der Waals surface area contributed by atoms with E-state index in [9.17, 15) is 14.7 Å². The van der Waals surface area contributed by atoms with Gasteiger partial charge in [0.05, 0.1) is 11.7 Å². The smallest absolute Gasteiger partial charge is 0.300 e. The zero-order valence-electron chi connectivity index (χ0n) is 16.6. The maximum atomic E-state index is 13.0.